The molecule has 0 unspecified atom stereocenters. The summed E-state index contributed by atoms with van der Waals surface area (Å²) in [6, 6.07) is 33.5. The number of nitrogens with zero attached hydrogens (tertiary/aromatic N) is 2. The van der Waals surface area contributed by atoms with E-state index in [9.17, 15) is 10.1 Å². The summed E-state index contributed by atoms with van der Waals surface area (Å²) in [5, 5.41) is 15.6. The molecule has 4 rings (SSSR count). The molecular weight excluding hydrogens is 382 g/mol. The minimum atomic E-state index is -0.550. The van der Waals surface area contributed by atoms with Gasteiger partial charge in [0, 0.05) is 5.56 Å². The Morgan fingerprint density at radius 3 is 2.26 bits per heavy atom. The van der Waals surface area contributed by atoms with Crippen LogP contribution in [-0.4, -0.2) is 12.1 Å². The molecule has 0 atom stereocenters. The van der Waals surface area contributed by atoms with E-state index in [4.69, 9.17) is 0 Å². The predicted octanol–water partition coefficient (Wildman–Crippen LogP) is 5.56. The van der Waals surface area contributed by atoms with Gasteiger partial charge in [0.25, 0.3) is 5.91 Å². The van der Waals surface area contributed by atoms with Crippen molar-refractivity contribution in [3.05, 3.63) is 114 Å². The Kier molecular flexibility index (Phi) is 5.97. The average Bonchev–Trinajstić information content (AvgIpc) is 2.83. The first kappa shape index (κ1) is 19.8. The van der Waals surface area contributed by atoms with Gasteiger partial charge in [-0.3, -0.25) is 4.79 Å². The van der Waals surface area contributed by atoms with Gasteiger partial charge in [-0.25, -0.2) is 5.43 Å². The van der Waals surface area contributed by atoms with Gasteiger partial charge in [0.1, 0.15) is 11.6 Å². The summed E-state index contributed by atoms with van der Waals surface area (Å²) >= 11 is 0. The Morgan fingerprint density at radius 2 is 1.48 bits per heavy atom. The number of hydrazone groups is 1. The fraction of sp³-hybridized carbons (Fsp3) is 0. The number of carbonyl (C=O) groups excluding carboxylic acids is 1. The van der Waals surface area contributed by atoms with Crippen LogP contribution in [-0.2, 0) is 4.79 Å². The smallest absolute Gasteiger partial charge is 0.267 e. The van der Waals surface area contributed by atoms with Gasteiger partial charge < -0.3 is 0 Å². The molecule has 0 fully saturated rings. The Labute approximate surface area is 180 Å². The number of hydrogen-bond donors (Lipinski definition) is 1. The normalized spacial score (nSPS) is 11.4. The lowest BCUT2D eigenvalue weighted by molar-refractivity contribution is -0.117. The molecule has 0 aliphatic heterocycles. The molecule has 0 aromatic heterocycles. The van der Waals surface area contributed by atoms with Gasteiger partial charge >= 0.3 is 0 Å². The van der Waals surface area contributed by atoms with Crippen molar-refractivity contribution in [3.63, 3.8) is 0 Å². The van der Waals surface area contributed by atoms with Crippen LogP contribution in [0, 0.1) is 11.3 Å². The van der Waals surface area contributed by atoms with Crippen molar-refractivity contribution in [1.29, 1.82) is 5.26 Å². The van der Waals surface area contributed by atoms with E-state index in [0.29, 0.717) is 0 Å². The van der Waals surface area contributed by atoms with Crippen LogP contribution in [0.2, 0.25) is 0 Å². The highest BCUT2D eigenvalue weighted by molar-refractivity contribution is 6.03. The molecule has 0 aliphatic carbocycles. The third-order valence-corrected chi connectivity index (χ3v) is 4.89. The zero-order valence-corrected chi connectivity index (χ0v) is 16.7. The van der Waals surface area contributed by atoms with Gasteiger partial charge in [-0.15, -0.1) is 0 Å². The molecule has 0 heterocycles. The lowest BCUT2D eigenvalue weighted by Crippen LogP contribution is -2.19. The minimum Gasteiger partial charge on any atom is -0.267 e. The highest BCUT2D eigenvalue weighted by Crippen LogP contribution is 2.20. The van der Waals surface area contributed by atoms with Crippen LogP contribution in [0.15, 0.2) is 108 Å². The van der Waals surface area contributed by atoms with E-state index >= 15 is 0 Å². The van der Waals surface area contributed by atoms with E-state index in [1.807, 2.05) is 103 Å². The Hall–Kier alpha value is -4.49. The lowest BCUT2D eigenvalue weighted by Gasteiger charge is -2.03. The van der Waals surface area contributed by atoms with Crippen LogP contribution in [0.5, 0.6) is 0 Å². The molecule has 148 valence electrons. The number of rotatable bonds is 5. The van der Waals surface area contributed by atoms with Crippen LogP contribution in [0.25, 0.3) is 28.0 Å². The highest BCUT2D eigenvalue weighted by atomic mass is 16.2. The molecule has 4 nitrogen and oxygen atoms in total. The first-order valence-electron chi connectivity index (χ1n) is 9.83. The van der Waals surface area contributed by atoms with Gasteiger partial charge in [-0.2, -0.15) is 10.4 Å². The summed E-state index contributed by atoms with van der Waals surface area (Å²) in [5.74, 6) is -0.550. The number of benzene rings is 4. The Bertz CT molecular complexity index is 1310. The predicted molar refractivity (Wildman–Crippen MR) is 125 cm³/mol. The largest absolute Gasteiger partial charge is 0.282 e. The van der Waals surface area contributed by atoms with Crippen molar-refractivity contribution >= 4 is 29.0 Å². The molecule has 0 radical (unpaired) electrons. The second-order valence-corrected chi connectivity index (χ2v) is 6.93. The maximum atomic E-state index is 12.4. The van der Waals surface area contributed by atoms with Gasteiger partial charge in [-0.1, -0.05) is 97.1 Å². The van der Waals surface area contributed by atoms with Crippen LogP contribution < -0.4 is 5.43 Å². The zero-order valence-electron chi connectivity index (χ0n) is 16.7. The molecular formula is C27H19N3O. The quantitative estimate of drug-likeness (QED) is 0.206. The van der Waals surface area contributed by atoms with Gasteiger partial charge in [0.2, 0.25) is 0 Å². The van der Waals surface area contributed by atoms with Gasteiger partial charge in [0.15, 0.2) is 0 Å². The maximum absolute atomic E-state index is 12.4. The number of hydrogen-bond acceptors (Lipinski definition) is 3. The molecule has 0 saturated carbocycles. The molecule has 0 bridgehead atoms. The topological polar surface area (TPSA) is 65.2 Å². The minimum absolute atomic E-state index is 0.0115. The summed E-state index contributed by atoms with van der Waals surface area (Å²) in [7, 11) is 0. The summed E-state index contributed by atoms with van der Waals surface area (Å²) in [5.41, 5.74) is 6.27. The standard InChI is InChI=1S/C27H19N3O/c28-18-25(17-20-13-15-22(16-14-20)21-7-2-1-3-8-21)27(31)30-29-19-24-11-6-10-23-9-4-5-12-26(23)24/h1-17,19H,(H,30,31). The van der Waals surface area contributed by atoms with E-state index in [-0.39, 0.29) is 5.57 Å². The van der Waals surface area contributed by atoms with Crippen molar-refractivity contribution in [2.75, 3.05) is 0 Å². The van der Waals surface area contributed by atoms with Crippen LogP contribution >= 0.6 is 0 Å². The summed E-state index contributed by atoms with van der Waals surface area (Å²) < 4.78 is 0. The van der Waals surface area contributed by atoms with Crippen LogP contribution in [0.4, 0.5) is 0 Å². The fourth-order valence-corrected chi connectivity index (χ4v) is 3.30. The molecule has 0 saturated heterocycles. The summed E-state index contributed by atoms with van der Waals surface area (Å²) in [4.78, 5) is 12.4. The molecule has 1 N–H and O–H groups in total. The fourth-order valence-electron chi connectivity index (χ4n) is 3.30. The van der Waals surface area contributed by atoms with E-state index in [1.54, 1.807) is 12.3 Å². The molecule has 0 spiro atoms. The number of nitriles is 1. The first-order chi connectivity index (χ1) is 15.2. The van der Waals surface area contributed by atoms with E-state index < -0.39 is 5.91 Å². The lowest BCUT2D eigenvalue weighted by atomic mass is 10.0. The summed E-state index contributed by atoms with van der Waals surface area (Å²) in [6.07, 6.45) is 3.14. The third-order valence-electron chi connectivity index (χ3n) is 4.89. The first-order valence-corrected chi connectivity index (χ1v) is 9.83. The number of nitrogens with one attached hydrogen (secondary N) is 1. The molecule has 0 aliphatic rings. The molecule has 31 heavy (non-hydrogen) atoms. The second kappa shape index (κ2) is 9.34. The maximum Gasteiger partial charge on any atom is 0.282 e. The van der Waals surface area contributed by atoms with Gasteiger partial charge in [0.05, 0.1) is 6.21 Å². The SMILES string of the molecule is N#CC(=Cc1ccc(-c2ccccc2)cc1)C(=O)NN=Cc1cccc2ccccc12. The van der Waals surface area contributed by atoms with Gasteiger partial charge in [-0.05, 0) is 33.5 Å². The van der Waals surface area contributed by atoms with Crippen molar-refractivity contribution in [1.82, 2.24) is 5.43 Å². The molecule has 4 heteroatoms. The number of fused-ring (bicyclic) bond motifs is 1. The number of amides is 1. The third kappa shape index (κ3) is 4.75. The second-order valence-electron chi connectivity index (χ2n) is 6.93. The summed E-state index contributed by atoms with van der Waals surface area (Å²) in [6.45, 7) is 0. The van der Waals surface area contributed by atoms with E-state index in [0.717, 1.165) is 33.0 Å². The van der Waals surface area contributed by atoms with E-state index in [1.165, 1.54) is 0 Å². The van der Waals surface area contributed by atoms with Crippen molar-refractivity contribution < 1.29 is 4.79 Å². The van der Waals surface area contributed by atoms with Crippen LogP contribution in [0.3, 0.4) is 0 Å². The van der Waals surface area contributed by atoms with Crippen molar-refractivity contribution in [3.8, 4) is 17.2 Å². The van der Waals surface area contributed by atoms with Crippen molar-refractivity contribution in [2.24, 2.45) is 5.10 Å². The number of carbonyl (C=O) groups is 1. The van der Waals surface area contributed by atoms with Crippen LogP contribution in [0.1, 0.15) is 11.1 Å². The molecule has 1 amide bonds. The zero-order chi connectivity index (χ0) is 21.5. The monoisotopic (exact) mass is 401 g/mol. The Morgan fingerprint density at radius 1 is 0.806 bits per heavy atom. The van der Waals surface area contributed by atoms with Crippen molar-refractivity contribution in [2.45, 2.75) is 0 Å². The average molecular weight is 401 g/mol. The Balaban J connectivity index is 1.47. The highest BCUT2D eigenvalue weighted by Gasteiger charge is 2.08. The molecule has 4 aromatic rings. The molecule has 4 aromatic carbocycles. The van der Waals surface area contributed by atoms with E-state index in [2.05, 4.69) is 10.5 Å².